The summed E-state index contributed by atoms with van der Waals surface area (Å²) in [7, 11) is 0. The molecule has 0 N–H and O–H groups in total. The van der Waals surface area contributed by atoms with Crippen molar-refractivity contribution in [2.24, 2.45) is 0 Å². The van der Waals surface area contributed by atoms with E-state index in [1.807, 2.05) is 0 Å². The van der Waals surface area contributed by atoms with E-state index in [9.17, 15) is 4.79 Å². The minimum Gasteiger partial charge on any atom is -0.449 e. The van der Waals surface area contributed by atoms with E-state index in [4.69, 9.17) is 9.47 Å². The van der Waals surface area contributed by atoms with Crippen molar-refractivity contribution in [2.75, 3.05) is 46.0 Å². The van der Waals surface area contributed by atoms with Crippen molar-refractivity contribution in [3.8, 4) is 0 Å². The average Bonchev–Trinajstić information content (AvgIpc) is 2.93. The topological polar surface area (TPSA) is 42.0 Å². The van der Waals surface area contributed by atoms with E-state index in [1.54, 1.807) is 4.90 Å². The molecule has 0 aromatic rings. The number of hydrogen-bond donors (Lipinski definition) is 0. The quantitative estimate of drug-likeness (QED) is 0.761. The van der Waals surface area contributed by atoms with Crippen LogP contribution in [0.4, 0.5) is 4.79 Å². The lowest BCUT2D eigenvalue weighted by Crippen LogP contribution is -2.42. The maximum atomic E-state index is 11.7. The van der Waals surface area contributed by atoms with Crippen molar-refractivity contribution in [1.82, 2.24) is 9.80 Å². The monoisotopic (exact) mass is 256 g/mol. The van der Waals surface area contributed by atoms with E-state index < -0.39 is 0 Å². The van der Waals surface area contributed by atoms with E-state index in [1.165, 1.54) is 0 Å². The van der Waals surface area contributed by atoms with Crippen molar-refractivity contribution in [2.45, 2.75) is 32.2 Å². The number of rotatable bonds is 4. The zero-order valence-corrected chi connectivity index (χ0v) is 11.3. The van der Waals surface area contributed by atoms with Gasteiger partial charge in [0.15, 0.2) is 0 Å². The molecule has 0 bridgehead atoms. The molecule has 0 aromatic heterocycles. The van der Waals surface area contributed by atoms with Crippen LogP contribution in [0.15, 0.2) is 0 Å². The lowest BCUT2D eigenvalue weighted by molar-refractivity contribution is 0.0135. The molecule has 0 aromatic carbocycles. The van der Waals surface area contributed by atoms with Crippen LogP contribution in [0.5, 0.6) is 0 Å². The second-order valence-electron chi connectivity index (χ2n) is 5.09. The maximum absolute atomic E-state index is 11.7. The second-order valence-corrected chi connectivity index (χ2v) is 5.09. The summed E-state index contributed by atoms with van der Waals surface area (Å²) in [4.78, 5) is 15.9. The Morgan fingerprint density at radius 1 is 1.22 bits per heavy atom. The number of hydrogen-bond acceptors (Lipinski definition) is 4. The van der Waals surface area contributed by atoms with Crippen LogP contribution in [0.2, 0.25) is 0 Å². The minimum atomic E-state index is -0.137. The number of likely N-dealkylation sites (tertiary alicyclic amines) is 1. The first-order valence-corrected chi connectivity index (χ1v) is 7.01. The molecule has 18 heavy (non-hydrogen) atoms. The van der Waals surface area contributed by atoms with Crippen LogP contribution in [0.1, 0.15) is 26.2 Å². The first-order valence-electron chi connectivity index (χ1n) is 7.01. The van der Waals surface area contributed by atoms with E-state index in [0.717, 1.165) is 58.7 Å². The molecule has 0 spiro atoms. The standard InChI is InChI=1S/C13H24N2O3/c1-12(14-7-10-17-11-8-14)4-9-18-13(16)15-5-2-3-6-15/h12H,2-11H2,1H3. The number of carbonyl (C=O) groups excluding carboxylic acids is 1. The Labute approximate surface area is 109 Å². The third-order valence-corrected chi connectivity index (χ3v) is 3.79. The molecular formula is C13H24N2O3. The summed E-state index contributed by atoms with van der Waals surface area (Å²) in [6.07, 6.45) is 2.99. The van der Waals surface area contributed by atoms with Gasteiger partial charge in [0.2, 0.25) is 0 Å². The van der Waals surface area contributed by atoms with Crippen molar-refractivity contribution >= 4 is 6.09 Å². The number of carbonyl (C=O) groups is 1. The van der Waals surface area contributed by atoms with Gasteiger partial charge in [-0.1, -0.05) is 0 Å². The molecule has 104 valence electrons. The van der Waals surface area contributed by atoms with Crippen molar-refractivity contribution in [1.29, 1.82) is 0 Å². The summed E-state index contributed by atoms with van der Waals surface area (Å²) >= 11 is 0. The summed E-state index contributed by atoms with van der Waals surface area (Å²) < 4.78 is 10.6. The summed E-state index contributed by atoms with van der Waals surface area (Å²) in [5.74, 6) is 0. The first kappa shape index (κ1) is 13.6. The van der Waals surface area contributed by atoms with Gasteiger partial charge >= 0.3 is 6.09 Å². The summed E-state index contributed by atoms with van der Waals surface area (Å²) in [5, 5.41) is 0. The van der Waals surface area contributed by atoms with Crippen molar-refractivity contribution < 1.29 is 14.3 Å². The Hall–Kier alpha value is -0.810. The van der Waals surface area contributed by atoms with Crippen molar-refractivity contribution in [3.63, 3.8) is 0 Å². The largest absolute Gasteiger partial charge is 0.449 e. The maximum Gasteiger partial charge on any atom is 0.409 e. The lowest BCUT2D eigenvalue weighted by atomic mass is 10.2. The molecule has 0 aliphatic carbocycles. The summed E-state index contributed by atoms with van der Waals surface area (Å²) in [6.45, 7) is 8.04. The van der Waals surface area contributed by atoms with Crippen LogP contribution in [-0.2, 0) is 9.47 Å². The molecule has 2 fully saturated rings. The third kappa shape index (κ3) is 3.85. The van der Waals surface area contributed by atoms with Gasteiger partial charge in [-0.25, -0.2) is 4.79 Å². The van der Waals surface area contributed by atoms with Gasteiger partial charge in [-0.15, -0.1) is 0 Å². The second kappa shape index (κ2) is 6.95. The molecule has 2 saturated heterocycles. The van der Waals surface area contributed by atoms with Gasteiger partial charge in [-0.3, -0.25) is 4.90 Å². The smallest absolute Gasteiger partial charge is 0.409 e. The van der Waals surface area contributed by atoms with Gasteiger partial charge in [0, 0.05) is 32.2 Å². The fraction of sp³-hybridized carbons (Fsp3) is 0.923. The molecule has 5 nitrogen and oxygen atoms in total. The average molecular weight is 256 g/mol. The zero-order chi connectivity index (χ0) is 12.8. The number of ether oxygens (including phenoxy) is 2. The molecule has 0 saturated carbocycles. The van der Waals surface area contributed by atoms with Gasteiger partial charge in [0.05, 0.1) is 19.8 Å². The van der Waals surface area contributed by atoms with Gasteiger partial charge in [0.25, 0.3) is 0 Å². The first-order chi connectivity index (χ1) is 8.77. The fourth-order valence-corrected chi connectivity index (χ4v) is 2.51. The van der Waals surface area contributed by atoms with Crippen LogP contribution >= 0.6 is 0 Å². The van der Waals surface area contributed by atoms with Crippen LogP contribution in [-0.4, -0.2) is 67.9 Å². The summed E-state index contributed by atoms with van der Waals surface area (Å²) in [5.41, 5.74) is 0. The molecule has 2 heterocycles. The van der Waals surface area contributed by atoms with Gasteiger partial charge < -0.3 is 14.4 Å². The van der Waals surface area contributed by atoms with Crippen LogP contribution < -0.4 is 0 Å². The fourth-order valence-electron chi connectivity index (χ4n) is 2.51. The summed E-state index contributed by atoms with van der Waals surface area (Å²) in [6, 6.07) is 0.459. The van der Waals surface area contributed by atoms with E-state index in [-0.39, 0.29) is 6.09 Å². The number of morpholine rings is 1. The highest BCUT2D eigenvalue weighted by Crippen LogP contribution is 2.10. The minimum absolute atomic E-state index is 0.137. The lowest BCUT2D eigenvalue weighted by Gasteiger charge is -2.32. The van der Waals surface area contributed by atoms with Gasteiger partial charge in [-0.2, -0.15) is 0 Å². The molecular weight excluding hydrogens is 232 g/mol. The molecule has 1 amide bonds. The predicted molar refractivity (Wildman–Crippen MR) is 68.6 cm³/mol. The van der Waals surface area contributed by atoms with E-state index >= 15 is 0 Å². The Bertz CT molecular complexity index is 261. The third-order valence-electron chi connectivity index (χ3n) is 3.79. The highest BCUT2D eigenvalue weighted by molar-refractivity contribution is 5.67. The molecule has 5 heteroatoms. The van der Waals surface area contributed by atoms with Crippen LogP contribution in [0.3, 0.4) is 0 Å². The highest BCUT2D eigenvalue weighted by atomic mass is 16.6. The molecule has 0 radical (unpaired) electrons. The Morgan fingerprint density at radius 2 is 1.89 bits per heavy atom. The van der Waals surface area contributed by atoms with E-state index in [2.05, 4.69) is 11.8 Å². The molecule has 2 aliphatic heterocycles. The highest BCUT2D eigenvalue weighted by Gasteiger charge is 2.20. The van der Waals surface area contributed by atoms with Gasteiger partial charge in [-0.05, 0) is 26.2 Å². The number of amides is 1. The SMILES string of the molecule is CC(CCOC(=O)N1CCCC1)N1CCOCC1. The Morgan fingerprint density at radius 3 is 2.56 bits per heavy atom. The normalized spacial score (nSPS) is 23.1. The molecule has 1 atom stereocenters. The molecule has 1 unspecified atom stereocenters. The molecule has 2 aliphatic rings. The van der Waals surface area contributed by atoms with Crippen LogP contribution in [0, 0.1) is 0 Å². The number of nitrogens with zero attached hydrogens (tertiary/aromatic N) is 2. The zero-order valence-electron chi connectivity index (χ0n) is 11.3. The van der Waals surface area contributed by atoms with Gasteiger partial charge in [0.1, 0.15) is 0 Å². The van der Waals surface area contributed by atoms with Crippen LogP contribution in [0.25, 0.3) is 0 Å². The van der Waals surface area contributed by atoms with Crippen molar-refractivity contribution in [3.05, 3.63) is 0 Å². The predicted octanol–water partition coefficient (Wildman–Crippen LogP) is 1.33. The Kier molecular flexibility index (Phi) is 5.26. The molecule has 2 rings (SSSR count). The van der Waals surface area contributed by atoms with E-state index in [0.29, 0.717) is 12.6 Å². The Balaban J connectivity index is 1.60.